The minimum Gasteiger partial charge on any atom is -0.508 e. The minimum absolute atomic E-state index is 0.101. The number of H-pyrrole nitrogens is 1. The maximum Gasteiger partial charge on any atom is 0.252 e. The monoisotopic (exact) mass is 548 g/mol. The van der Waals surface area contributed by atoms with E-state index in [0.29, 0.717) is 11.3 Å². The highest BCUT2D eigenvalue weighted by atomic mass is 19.1. The van der Waals surface area contributed by atoms with E-state index in [0.717, 1.165) is 53.5 Å². The summed E-state index contributed by atoms with van der Waals surface area (Å²) in [5.41, 5.74) is 12.5. The molecule has 1 aliphatic rings. The molecule has 1 aromatic heterocycles. The average molecular weight is 549 g/mol. The number of hydrogen-bond acceptors (Lipinski definition) is 4. The van der Waals surface area contributed by atoms with Gasteiger partial charge in [0.25, 0.3) is 5.91 Å². The lowest BCUT2D eigenvalue weighted by molar-refractivity contribution is 0.0942. The number of para-hydroxylation sites is 1. The van der Waals surface area contributed by atoms with Crippen LogP contribution >= 0.6 is 0 Å². The van der Waals surface area contributed by atoms with Crippen LogP contribution in [0.1, 0.15) is 46.1 Å². The number of fused-ring (bicyclic) bond motifs is 1. The maximum absolute atomic E-state index is 14.3. The van der Waals surface area contributed by atoms with E-state index in [1.54, 1.807) is 6.07 Å². The van der Waals surface area contributed by atoms with E-state index in [1.807, 2.05) is 49.4 Å². The Hall–Kier alpha value is -4.62. The predicted octanol–water partition coefficient (Wildman–Crippen LogP) is 6.43. The Kier molecular flexibility index (Phi) is 7.20. The van der Waals surface area contributed by atoms with Crippen LogP contribution < -0.4 is 16.0 Å². The van der Waals surface area contributed by atoms with Crippen molar-refractivity contribution in [2.24, 2.45) is 5.73 Å². The van der Waals surface area contributed by atoms with Gasteiger partial charge in [0.1, 0.15) is 11.6 Å². The molecule has 1 atom stereocenters. The number of aromatic nitrogens is 1. The second kappa shape index (κ2) is 11.1. The first kappa shape index (κ1) is 26.6. The molecule has 0 spiro atoms. The molecule has 1 amide bonds. The third kappa shape index (κ3) is 5.54. The van der Waals surface area contributed by atoms with Crippen LogP contribution in [0.5, 0.6) is 5.75 Å². The Bertz CT molecular complexity index is 1670. The normalized spacial score (nSPS) is 14.8. The second-order valence-electron chi connectivity index (χ2n) is 10.8. The molecular weight excluding hydrogens is 515 g/mol. The number of piperidine rings is 1. The summed E-state index contributed by atoms with van der Waals surface area (Å²) in [4.78, 5) is 19.4. The molecule has 0 bridgehead atoms. The molecule has 208 valence electrons. The van der Waals surface area contributed by atoms with E-state index < -0.39 is 11.9 Å². The Morgan fingerprint density at radius 3 is 2.51 bits per heavy atom. The van der Waals surface area contributed by atoms with E-state index in [9.17, 15) is 14.3 Å². The second-order valence-corrected chi connectivity index (χ2v) is 10.8. The molecule has 4 aromatic carbocycles. The summed E-state index contributed by atoms with van der Waals surface area (Å²) in [6.45, 7) is 3.93. The quantitative estimate of drug-likeness (QED) is 0.197. The Morgan fingerprint density at radius 2 is 1.76 bits per heavy atom. The van der Waals surface area contributed by atoms with Crippen LogP contribution in [0.4, 0.5) is 10.1 Å². The van der Waals surface area contributed by atoms with Gasteiger partial charge in [0.2, 0.25) is 0 Å². The van der Waals surface area contributed by atoms with Crippen molar-refractivity contribution in [3.8, 4) is 16.9 Å². The number of carbonyl (C=O) groups excluding carboxylic acids is 1. The van der Waals surface area contributed by atoms with Crippen LogP contribution in [0.2, 0.25) is 0 Å². The van der Waals surface area contributed by atoms with Crippen molar-refractivity contribution >= 4 is 22.5 Å². The van der Waals surface area contributed by atoms with Crippen molar-refractivity contribution in [2.75, 3.05) is 18.0 Å². The van der Waals surface area contributed by atoms with Gasteiger partial charge in [-0.25, -0.2) is 4.39 Å². The van der Waals surface area contributed by atoms with Crippen LogP contribution in [0, 0.1) is 12.7 Å². The highest BCUT2D eigenvalue weighted by molar-refractivity contribution is 5.96. The molecule has 0 saturated carbocycles. The lowest BCUT2D eigenvalue weighted by atomic mass is 9.96. The Morgan fingerprint density at radius 1 is 1.00 bits per heavy atom. The number of nitrogens with two attached hydrogens (primary N) is 1. The molecule has 0 aliphatic carbocycles. The number of aryl methyl sites for hydroxylation is 1. The predicted molar refractivity (Wildman–Crippen MR) is 162 cm³/mol. The summed E-state index contributed by atoms with van der Waals surface area (Å²) < 4.78 is 14.3. The van der Waals surface area contributed by atoms with Gasteiger partial charge in [-0.05, 0) is 96.4 Å². The lowest BCUT2D eigenvalue weighted by Crippen LogP contribution is -2.39. The number of halogens is 1. The molecule has 41 heavy (non-hydrogen) atoms. The number of hydrogen-bond donors (Lipinski definition) is 4. The number of amides is 1. The molecule has 6 nitrogen and oxygen atoms in total. The van der Waals surface area contributed by atoms with E-state index in [-0.39, 0.29) is 23.3 Å². The van der Waals surface area contributed by atoms with Crippen LogP contribution in [-0.2, 0) is 0 Å². The van der Waals surface area contributed by atoms with Gasteiger partial charge >= 0.3 is 0 Å². The van der Waals surface area contributed by atoms with Crippen molar-refractivity contribution in [3.63, 3.8) is 0 Å². The van der Waals surface area contributed by atoms with E-state index in [1.165, 1.54) is 23.9 Å². The molecule has 5 N–H and O–H groups in total. The number of benzene rings is 4. The molecule has 7 heteroatoms. The first-order valence-electron chi connectivity index (χ1n) is 13.9. The fraction of sp³-hybridized carbons (Fsp3) is 0.206. The molecule has 2 heterocycles. The number of carbonyl (C=O) groups is 1. The highest BCUT2D eigenvalue weighted by Gasteiger charge is 2.24. The summed E-state index contributed by atoms with van der Waals surface area (Å²) in [6.07, 6.45) is 1.98. The van der Waals surface area contributed by atoms with Gasteiger partial charge in [-0.1, -0.05) is 36.4 Å². The van der Waals surface area contributed by atoms with Gasteiger partial charge in [0.05, 0.1) is 6.04 Å². The third-order valence-electron chi connectivity index (χ3n) is 8.02. The first-order valence-corrected chi connectivity index (χ1v) is 13.9. The molecule has 1 fully saturated rings. The third-order valence-corrected chi connectivity index (χ3v) is 8.02. The molecular formula is C34H33FN4O2. The van der Waals surface area contributed by atoms with Gasteiger partial charge in [0, 0.05) is 47.2 Å². The summed E-state index contributed by atoms with van der Waals surface area (Å²) in [5, 5.41) is 14.6. The van der Waals surface area contributed by atoms with Crippen LogP contribution in [0.3, 0.4) is 0 Å². The smallest absolute Gasteiger partial charge is 0.252 e. The molecule has 1 unspecified atom stereocenters. The number of nitrogens with zero attached hydrogens (tertiary/aromatic N) is 1. The van der Waals surface area contributed by atoms with E-state index >= 15 is 0 Å². The largest absolute Gasteiger partial charge is 0.508 e. The molecule has 0 radical (unpaired) electrons. The number of rotatable bonds is 6. The maximum atomic E-state index is 14.3. The molecule has 1 saturated heterocycles. The number of phenols is 1. The topological polar surface area (TPSA) is 94.4 Å². The van der Waals surface area contributed by atoms with Crippen molar-refractivity contribution in [2.45, 2.75) is 31.8 Å². The minimum atomic E-state index is -0.799. The van der Waals surface area contributed by atoms with E-state index in [2.05, 4.69) is 39.5 Å². The molecule has 5 aromatic rings. The Labute approximate surface area is 238 Å². The van der Waals surface area contributed by atoms with Gasteiger partial charge in [-0.2, -0.15) is 0 Å². The van der Waals surface area contributed by atoms with Gasteiger partial charge in [0.15, 0.2) is 0 Å². The summed E-state index contributed by atoms with van der Waals surface area (Å²) in [7, 11) is 0. The number of aromatic amines is 1. The standard InChI is InChI=1S/C34H33FN4O2/c1-21-6-7-24(18-28(21)22-8-11-27(12-9-22)39-16-14-26(36)15-17-39)34(41)38-33(29-20-25(35)10-13-32(29)40)31-19-23-4-2-3-5-30(23)37-31/h2-13,18-20,26,33,37,40H,14-17,36H2,1H3,(H,38,41). The highest BCUT2D eigenvalue weighted by Crippen LogP contribution is 2.33. The van der Waals surface area contributed by atoms with Crippen LogP contribution in [0.25, 0.3) is 22.0 Å². The van der Waals surface area contributed by atoms with Crippen molar-refractivity contribution in [1.29, 1.82) is 0 Å². The Balaban J connectivity index is 1.30. The van der Waals surface area contributed by atoms with Gasteiger partial charge in [-0.15, -0.1) is 0 Å². The van der Waals surface area contributed by atoms with E-state index in [4.69, 9.17) is 5.73 Å². The fourth-order valence-corrected chi connectivity index (χ4v) is 5.63. The summed E-state index contributed by atoms with van der Waals surface area (Å²) >= 11 is 0. The first-order chi connectivity index (χ1) is 19.9. The summed E-state index contributed by atoms with van der Waals surface area (Å²) in [5.74, 6) is -0.933. The van der Waals surface area contributed by atoms with Crippen LogP contribution in [-0.4, -0.2) is 35.1 Å². The average Bonchev–Trinajstić information content (AvgIpc) is 3.42. The van der Waals surface area contributed by atoms with Crippen molar-refractivity contribution in [1.82, 2.24) is 10.3 Å². The van der Waals surface area contributed by atoms with Crippen molar-refractivity contribution < 1.29 is 14.3 Å². The number of aromatic hydroxyl groups is 1. The lowest BCUT2D eigenvalue weighted by Gasteiger charge is -2.32. The van der Waals surface area contributed by atoms with Crippen LogP contribution in [0.15, 0.2) is 91.0 Å². The number of phenolic OH excluding ortho intramolecular Hbond substituents is 1. The van der Waals surface area contributed by atoms with Gasteiger partial charge in [-0.3, -0.25) is 4.79 Å². The van der Waals surface area contributed by atoms with Crippen molar-refractivity contribution in [3.05, 3.63) is 119 Å². The molecule has 1 aliphatic heterocycles. The zero-order valence-electron chi connectivity index (χ0n) is 22.9. The zero-order valence-corrected chi connectivity index (χ0v) is 22.9. The molecule has 6 rings (SSSR count). The fourth-order valence-electron chi connectivity index (χ4n) is 5.63. The zero-order chi connectivity index (χ0) is 28.5. The number of anilines is 1. The number of nitrogens with one attached hydrogen (secondary N) is 2. The summed E-state index contributed by atoms with van der Waals surface area (Å²) in [6, 6.07) is 26.9. The SMILES string of the molecule is Cc1ccc(C(=O)NC(c2cc3ccccc3[nH]2)c2cc(F)ccc2O)cc1-c1ccc(N2CCC(N)CC2)cc1. The van der Waals surface area contributed by atoms with Gasteiger partial charge < -0.3 is 26.0 Å².